The van der Waals surface area contributed by atoms with E-state index in [0.29, 0.717) is 19.8 Å². The third-order valence-corrected chi connectivity index (χ3v) is 4.67. The van der Waals surface area contributed by atoms with Crippen molar-refractivity contribution in [1.82, 2.24) is 15.3 Å². The van der Waals surface area contributed by atoms with Crippen LogP contribution in [0.3, 0.4) is 0 Å². The lowest BCUT2D eigenvalue weighted by molar-refractivity contribution is -0.137. The van der Waals surface area contributed by atoms with Gasteiger partial charge >= 0.3 is 5.97 Å². The van der Waals surface area contributed by atoms with E-state index in [1.165, 1.54) is 0 Å². The third kappa shape index (κ3) is 4.79. The number of carboxylic acids is 1. The molecule has 0 aromatic carbocycles. The number of carboxylic acid groups (broad SMARTS) is 1. The lowest BCUT2D eigenvalue weighted by Gasteiger charge is -2.29. The molecule has 0 amide bonds. The molecule has 1 aromatic heterocycles. The first-order valence-corrected chi connectivity index (χ1v) is 9.04. The Hall–Kier alpha value is -1.93. The van der Waals surface area contributed by atoms with Crippen LogP contribution in [0.25, 0.3) is 0 Å². The predicted molar refractivity (Wildman–Crippen MR) is 95.3 cm³/mol. The van der Waals surface area contributed by atoms with Crippen molar-refractivity contribution in [2.75, 3.05) is 62.3 Å². The number of nitrogens with one attached hydrogen (secondary N) is 1. The van der Waals surface area contributed by atoms with Crippen LogP contribution in [-0.2, 0) is 16.0 Å². The van der Waals surface area contributed by atoms with Gasteiger partial charge in [-0.1, -0.05) is 6.92 Å². The second kappa shape index (κ2) is 8.44. The molecule has 3 heterocycles. The molecular formula is C17H27N5O3. The monoisotopic (exact) mass is 349 g/mol. The maximum Gasteiger partial charge on any atom is 0.303 e. The van der Waals surface area contributed by atoms with Gasteiger partial charge in [-0.25, -0.2) is 4.98 Å². The summed E-state index contributed by atoms with van der Waals surface area (Å²) < 4.78 is 5.42. The van der Waals surface area contributed by atoms with Crippen molar-refractivity contribution in [3.05, 3.63) is 11.8 Å². The van der Waals surface area contributed by atoms with Gasteiger partial charge in [0.05, 0.1) is 19.6 Å². The van der Waals surface area contributed by atoms with Gasteiger partial charge in [0, 0.05) is 51.0 Å². The van der Waals surface area contributed by atoms with E-state index in [2.05, 4.69) is 27.0 Å². The molecular weight excluding hydrogens is 322 g/mol. The van der Waals surface area contributed by atoms with Crippen LogP contribution in [0.2, 0.25) is 0 Å². The summed E-state index contributed by atoms with van der Waals surface area (Å²) in [6, 6.07) is 2.03. The number of aromatic nitrogens is 2. The first-order chi connectivity index (χ1) is 12.2. The molecule has 3 rings (SSSR count). The lowest BCUT2D eigenvalue weighted by atomic mass is 10.1. The van der Waals surface area contributed by atoms with E-state index < -0.39 is 5.97 Å². The number of hydrogen-bond acceptors (Lipinski definition) is 7. The second-order valence-corrected chi connectivity index (χ2v) is 6.58. The molecule has 0 bridgehead atoms. The van der Waals surface area contributed by atoms with Crippen LogP contribution in [0, 0.1) is 5.92 Å². The summed E-state index contributed by atoms with van der Waals surface area (Å²) in [4.78, 5) is 24.9. The molecule has 25 heavy (non-hydrogen) atoms. The SMILES string of the molecule is CCc1cc(N2CCNCC(CC(=O)O)C2)nc(N2CCOCC2)n1. The van der Waals surface area contributed by atoms with Gasteiger partial charge in [-0.3, -0.25) is 4.79 Å². The highest BCUT2D eigenvalue weighted by Crippen LogP contribution is 2.21. The van der Waals surface area contributed by atoms with Gasteiger partial charge in [-0.05, 0) is 12.3 Å². The van der Waals surface area contributed by atoms with Crippen molar-refractivity contribution < 1.29 is 14.6 Å². The zero-order valence-electron chi connectivity index (χ0n) is 14.8. The summed E-state index contributed by atoms with van der Waals surface area (Å²) in [6.07, 6.45) is 1.02. The highest BCUT2D eigenvalue weighted by atomic mass is 16.5. The van der Waals surface area contributed by atoms with Crippen LogP contribution in [0.4, 0.5) is 11.8 Å². The summed E-state index contributed by atoms with van der Waals surface area (Å²) in [5, 5.41) is 12.5. The van der Waals surface area contributed by atoms with E-state index in [4.69, 9.17) is 14.8 Å². The highest BCUT2D eigenvalue weighted by molar-refractivity contribution is 5.67. The molecule has 2 aliphatic heterocycles. The third-order valence-electron chi connectivity index (χ3n) is 4.67. The Morgan fingerprint density at radius 3 is 2.84 bits per heavy atom. The first kappa shape index (κ1) is 17.9. The standard InChI is InChI=1S/C17H27N5O3/c1-2-14-10-15(20-17(19-14)21-5-7-25-8-6-21)22-4-3-18-11-13(12-22)9-16(23)24/h10,13,18H,2-9,11-12H2,1H3,(H,23,24). The number of aryl methyl sites for hydroxylation is 1. The minimum Gasteiger partial charge on any atom is -0.481 e. The lowest BCUT2D eigenvalue weighted by Crippen LogP contribution is -2.38. The van der Waals surface area contributed by atoms with Crippen molar-refractivity contribution in [2.24, 2.45) is 5.92 Å². The minimum absolute atomic E-state index is 0.0758. The van der Waals surface area contributed by atoms with Crippen LogP contribution >= 0.6 is 0 Å². The molecule has 2 saturated heterocycles. The van der Waals surface area contributed by atoms with Crippen LogP contribution in [0.5, 0.6) is 0 Å². The highest BCUT2D eigenvalue weighted by Gasteiger charge is 2.23. The van der Waals surface area contributed by atoms with Gasteiger partial charge in [0.2, 0.25) is 5.95 Å². The van der Waals surface area contributed by atoms with Gasteiger partial charge in [0.25, 0.3) is 0 Å². The van der Waals surface area contributed by atoms with E-state index >= 15 is 0 Å². The van der Waals surface area contributed by atoms with E-state index in [0.717, 1.165) is 56.6 Å². The summed E-state index contributed by atoms with van der Waals surface area (Å²) in [6.45, 7) is 8.16. The molecule has 2 aliphatic rings. The van der Waals surface area contributed by atoms with Crippen LogP contribution in [-0.4, -0.2) is 73.5 Å². The molecule has 1 aromatic rings. The number of carbonyl (C=O) groups is 1. The fourth-order valence-electron chi connectivity index (χ4n) is 3.30. The maximum absolute atomic E-state index is 11.1. The molecule has 138 valence electrons. The van der Waals surface area contributed by atoms with Gasteiger partial charge in [0.1, 0.15) is 5.82 Å². The summed E-state index contributed by atoms with van der Waals surface area (Å²) in [5.74, 6) is 0.976. The van der Waals surface area contributed by atoms with Gasteiger partial charge in [0.15, 0.2) is 0 Å². The Morgan fingerprint density at radius 2 is 2.12 bits per heavy atom. The first-order valence-electron chi connectivity index (χ1n) is 9.04. The van der Waals surface area contributed by atoms with E-state index in [1.54, 1.807) is 0 Å². The van der Waals surface area contributed by atoms with Crippen LogP contribution in [0.15, 0.2) is 6.07 Å². The normalized spacial score (nSPS) is 21.9. The van der Waals surface area contributed by atoms with E-state index in [-0.39, 0.29) is 12.3 Å². The molecule has 0 saturated carbocycles. The topological polar surface area (TPSA) is 90.8 Å². The molecule has 8 heteroatoms. The minimum atomic E-state index is -0.750. The Kier molecular flexibility index (Phi) is 6.04. The van der Waals surface area contributed by atoms with Crippen molar-refractivity contribution in [1.29, 1.82) is 0 Å². The molecule has 0 spiro atoms. The van der Waals surface area contributed by atoms with Gasteiger partial charge in [-0.15, -0.1) is 0 Å². The van der Waals surface area contributed by atoms with Crippen molar-refractivity contribution in [3.8, 4) is 0 Å². The van der Waals surface area contributed by atoms with Crippen molar-refractivity contribution in [3.63, 3.8) is 0 Å². The molecule has 0 aliphatic carbocycles. The van der Waals surface area contributed by atoms with Crippen molar-refractivity contribution in [2.45, 2.75) is 19.8 Å². The quantitative estimate of drug-likeness (QED) is 0.788. The van der Waals surface area contributed by atoms with E-state index in [9.17, 15) is 4.79 Å². The smallest absolute Gasteiger partial charge is 0.303 e. The average Bonchev–Trinajstić information content (AvgIpc) is 2.87. The Labute approximate surface area is 148 Å². The maximum atomic E-state index is 11.1. The summed E-state index contributed by atoms with van der Waals surface area (Å²) in [7, 11) is 0. The average molecular weight is 349 g/mol. The molecule has 1 unspecified atom stereocenters. The number of morpholine rings is 1. The molecule has 8 nitrogen and oxygen atoms in total. The van der Waals surface area contributed by atoms with Crippen LogP contribution < -0.4 is 15.1 Å². The number of anilines is 2. The van der Waals surface area contributed by atoms with E-state index in [1.807, 2.05) is 6.07 Å². The van der Waals surface area contributed by atoms with Crippen LogP contribution in [0.1, 0.15) is 19.0 Å². The van der Waals surface area contributed by atoms with Gasteiger partial charge < -0.3 is 25.0 Å². The molecule has 2 N–H and O–H groups in total. The fraction of sp³-hybridized carbons (Fsp3) is 0.706. The predicted octanol–water partition coefficient (Wildman–Crippen LogP) is 0.376. The number of hydrogen-bond donors (Lipinski definition) is 2. The Bertz CT molecular complexity index is 592. The molecule has 2 fully saturated rings. The fourth-order valence-corrected chi connectivity index (χ4v) is 3.30. The number of nitrogens with zero attached hydrogens (tertiary/aromatic N) is 4. The second-order valence-electron chi connectivity index (χ2n) is 6.58. The number of rotatable bonds is 5. The number of ether oxygens (including phenoxy) is 1. The largest absolute Gasteiger partial charge is 0.481 e. The van der Waals surface area contributed by atoms with Crippen molar-refractivity contribution >= 4 is 17.7 Å². The zero-order chi connectivity index (χ0) is 17.6. The molecule has 1 atom stereocenters. The summed E-state index contributed by atoms with van der Waals surface area (Å²) >= 11 is 0. The zero-order valence-corrected chi connectivity index (χ0v) is 14.8. The molecule has 0 radical (unpaired) electrons. The van der Waals surface area contributed by atoms with Gasteiger partial charge in [-0.2, -0.15) is 4.98 Å². The number of aliphatic carboxylic acids is 1. The summed E-state index contributed by atoms with van der Waals surface area (Å²) in [5.41, 5.74) is 1.01. The Morgan fingerprint density at radius 1 is 1.32 bits per heavy atom. The Balaban J connectivity index is 1.82.